The Balaban J connectivity index is 3.03. The number of rotatable bonds is 1. The van der Waals surface area contributed by atoms with Crippen LogP contribution in [0.4, 0.5) is 10.1 Å². The summed E-state index contributed by atoms with van der Waals surface area (Å²) in [5.74, 6) is -1.23. The number of carbonyl (C=O) groups is 1. The third-order valence-electron chi connectivity index (χ3n) is 2.20. The number of benzene rings is 1. The lowest BCUT2D eigenvalue weighted by atomic mass is 10.1. The minimum atomic E-state index is -0.741. The number of pyridine rings is 1. The van der Waals surface area contributed by atoms with Crippen LogP contribution >= 0.6 is 15.9 Å². The Bertz CT molecular complexity index is 592. The molecule has 2 aromatic rings. The summed E-state index contributed by atoms with van der Waals surface area (Å²) < 4.78 is 14.0. The van der Waals surface area contributed by atoms with Gasteiger partial charge in [-0.15, -0.1) is 0 Å². The van der Waals surface area contributed by atoms with E-state index in [0.29, 0.717) is 4.47 Å². The van der Waals surface area contributed by atoms with Crippen LogP contribution in [0.5, 0.6) is 0 Å². The summed E-state index contributed by atoms with van der Waals surface area (Å²) in [6.45, 7) is 0. The average Bonchev–Trinajstić information content (AvgIpc) is 2.23. The Kier molecular flexibility index (Phi) is 2.51. The van der Waals surface area contributed by atoms with E-state index in [1.807, 2.05) is 0 Å². The van der Waals surface area contributed by atoms with Gasteiger partial charge in [0.2, 0.25) is 0 Å². The van der Waals surface area contributed by atoms with Crippen molar-refractivity contribution in [1.82, 2.24) is 4.98 Å². The van der Waals surface area contributed by atoms with Crippen molar-refractivity contribution >= 4 is 38.3 Å². The molecule has 0 saturated heterocycles. The third-order valence-corrected chi connectivity index (χ3v) is 2.80. The number of anilines is 1. The quantitative estimate of drug-likeness (QED) is 0.783. The number of halogens is 2. The second-order valence-corrected chi connectivity index (χ2v) is 4.06. The highest BCUT2D eigenvalue weighted by molar-refractivity contribution is 9.10. The topological polar surface area (TPSA) is 82.0 Å². The van der Waals surface area contributed by atoms with E-state index in [0.717, 1.165) is 0 Å². The van der Waals surface area contributed by atoms with Gasteiger partial charge in [0, 0.05) is 27.1 Å². The van der Waals surface area contributed by atoms with Crippen molar-refractivity contribution in [2.45, 2.75) is 0 Å². The number of fused-ring (bicyclic) bond motifs is 1. The van der Waals surface area contributed by atoms with Crippen LogP contribution < -0.4 is 11.5 Å². The molecule has 1 amide bonds. The van der Waals surface area contributed by atoms with Gasteiger partial charge in [-0.1, -0.05) is 0 Å². The van der Waals surface area contributed by atoms with Crippen LogP contribution in [0.15, 0.2) is 22.8 Å². The van der Waals surface area contributed by atoms with Crippen LogP contribution in [0, 0.1) is 5.82 Å². The molecule has 1 aromatic heterocycles. The molecule has 16 heavy (non-hydrogen) atoms. The Hall–Kier alpha value is -1.69. The van der Waals surface area contributed by atoms with Crippen LogP contribution in [-0.4, -0.2) is 10.9 Å². The Labute approximate surface area is 98.6 Å². The van der Waals surface area contributed by atoms with Gasteiger partial charge < -0.3 is 11.5 Å². The van der Waals surface area contributed by atoms with Gasteiger partial charge in [-0.25, -0.2) is 9.37 Å². The maximum absolute atomic E-state index is 13.6. The number of nitrogen functional groups attached to an aromatic ring is 1. The highest BCUT2D eigenvalue weighted by Crippen LogP contribution is 2.31. The minimum absolute atomic E-state index is 0.0322. The van der Waals surface area contributed by atoms with Gasteiger partial charge in [0.25, 0.3) is 5.91 Å². The molecule has 82 valence electrons. The molecule has 0 atom stereocenters. The van der Waals surface area contributed by atoms with Crippen molar-refractivity contribution in [3.63, 3.8) is 0 Å². The fourth-order valence-electron chi connectivity index (χ4n) is 1.52. The highest BCUT2D eigenvalue weighted by Gasteiger charge is 2.16. The molecule has 0 fully saturated rings. The number of carbonyl (C=O) groups excluding carboxylic acids is 1. The third kappa shape index (κ3) is 1.51. The van der Waals surface area contributed by atoms with E-state index >= 15 is 0 Å². The van der Waals surface area contributed by atoms with E-state index in [9.17, 15) is 9.18 Å². The Morgan fingerprint density at radius 2 is 2.06 bits per heavy atom. The zero-order valence-electron chi connectivity index (χ0n) is 8.00. The lowest BCUT2D eigenvalue weighted by Crippen LogP contribution is -2.14. The highest BCUT2D eigenvalue weighted by atomic mass is 79.9. The predicted octanol–water partition coefficient (Wildman–Crippen LogP) is 1.82. The maximum atomic E-state index is 13.6. The van der Waals surface area contributed by atoms with Gasteiger partial charge in [0.05, 0.1) is 0 Å². The molecule has 0 saturated carbocycles. The number of nitrogens with two attached hydrogens (primary N) is 2. The summed E-state index contributed by atoms with van der Waals surface area (Å²) in [4.78, 5) is 15.0. The van der Waals surface area contributed by atoms with Gasteiger partial charge in [0.15, 0.2) is 0 Å². The van der Waals surface area contributed by atoms with Crippen molar-refractivity contribution < 1.29 is 9.18 Å². The van der Waals surface area contributed by atoms with Gasteiger partial charge in [0.1, 0.15) is 11.5 Å². The first-order valence-corrected chi connectivity index (χ1v) is 5.13. The number of hydrogen-bond donors (Lipinski definition) is 2. The smallest absolute Gasteiger partial charge is 0.268 e. The van der Waals surface area contributed by atoms with E-state index in [4.69, 9.17) is 11.5 Å². The predicted molar refractivity (Wildman–Crippen MR) is 62.3 cm³/mol. The SMILES string of the molecule is NC(=O)c1ncc(Br)c2c(F)ccc(N)c12. The molecule has 6 heteroatoms. The van der Waals surface area contributed by atoms with Gasteiger partial charge in [-0.2, -0.15) is 0 Å². The lowest BCUT2D eigenvalue weighted by Gasteiger charge is -2.08. The minimum Gasteiger partial charge on any atom is -0.398 e. The lowest BCUT2D eigenvalue weighted by molar-refractivity contribution is 0.0997. The molecule has 0 radical (unpaired) electrons. The first-order chi connectivity index (χ1) is 7.52. The summed E-state index contributed by atoms with van der Waals surface area (Å²) in [6.07, 6.45) is 1.32. The molecule has 4 nitrogen and oxygen atoms in total. The van der Waals surface area contributed by atoms with E-state index in [1.165, 1.54) is 18.3 Å². The van der Waals surface area contributed by atoms with Crippen LogP contribution in [-0.2, 0) is 0 Å². The van der Waals surface area contributed by atoms with Gasteiger partial charge >= 0.3 is 0 Å². The molecule has 4 N–H and O–H groups in total. The molecule has 1 heterocycles. The monoisotopic (exact) mass is 283 g/mol. The molecular formula is C10H7BrFN3O. The zero-order valence-corrected chi connectivity index (χ0v) is 9.58. The Morgan fingerprint density at radius 1 is 1.38 bits per heavy atom. The zero-order chi connectivity index (χ0) is 11.9. The van der Waals surface area contributed by atoms with Crippen molar-refractivity contribution in [2.75, 3.05) is 5.73 Å². The number of primary amides is 1. The summed E-state index contributed by atoms with van der Waals surface area (Å²) >= 11 is 3.15. The van der Waals surface area contributed by atoms with E-state index in [-0.39, 0.29) is 22.2 Å². The molecule has 0 aliphatic heterocycles. The molecule has 0 unspecified atom stereocenters. The van der Waals surface area contributed by atoms with E-state index < -0.39 is 11.7 Å². The van der Waals surface area contributed by atoms with Crippen molar-refractivity contribution in [2.24, 2.45) is 5.73 Å². The fourth-order valence-corrected chi connectivity index (χ4v) is 2.01. The first-order valence-electron chi connectivity index (χ1n) is 4.34. The first kappa shape index (κ1) is 10.8. The second kappa shape index (κ2) is 3.71. The second-order valence-electron chi connectivity index (χ2n) is 3.21. The van der Waals surface area contributed by atoms with Crippen LogP contribution in [0.25, 0.3) is 10.8 Å². The number of amides is 1. The molecule has 0 spiro atoms. The summed E-state index contributed by atoms with van der Waals surface area (Å²) in [5, 5.41) is 0.450. The largest absolute Gasteiger partial charge is 0.398 e. The molecule has 0 aliphatic carbocycles. The standard InChI is InChI=1S/C10H7BrFN3O/c11-4-3-15-9(10(14)16)8-6(13)2-1-5(12)7(4)8/h1-3H,13H2,(H2,14,16). The van der Waals surface area contributed by atoms with Crippen LogP contribution in [0.3, 0.4) is 0 Å². The molecule has 0 aliphatic rings. The van der Waals surface area contributed by atoms with Crippen LogP contribution in [0.2, 0.25) is 0 Å². The average molecular weight is 284 g/mol. The van der Waals surface area contributed by atoms with Crippen LogP contribution in [0.1, 0.15) is 10.5 Å². The van der Waals surface area contributed by atoms with Crippen molar-refractivity contribution in [1.29, 1.82) is 0 Å². The number of aromatic nitrogens is 1. The van der Waals surface area contributed by atoms with Gasteiger partial charge in [-0.3, -0.25) is 4.79 Å². The van der Waals surface area contributed by atoms with E-state index in [1.54, 1.807) is 0 Å². The summed E-state index contributed by atoms with van der Waals surface area (Å²) in [5.41, 5.74) is 11.1. The number of nitrogens with zero attached hydrogens (tertiary/aromatic N) is 1. The maximum Gasteiger partial charge on any atom is 0.268 e. The van der Waals surface area contributed by atoms with Gasteiger partial charge in [-0.05, 0) is 28.1 Å². The Morgan fingerprint density at radius 3 is 2.69 bits per heavy atom. The van der Waals surface area contributed by atoms with Crippen molar-refractivity contribution in [3.8, 4) is 0 Å². The normalized spacial score (nSPS) is 10.6. The number of hydrogen-bond acceptors (Lipinski definition) is 3. The van der Waals surface area contributed by atoms with E-state index in [2.05, 4.69) is 20.9 Å². The fraction of sp³-hybridized carbons (Fsp3) is 0. The molecular weight excluding hydrogens is 277 g/mol. The van der Waals surface area contributed by atoms with Crippen molar-refractivity contribution in [3.05, 3.63) is 34.3 Å². The molecule has 0 bridgehead atoms. The molecule has 2 rings (SSSR count). The summed E-state index contributed by atoms with van der Waals surface area (Å²) in [7, 11) is 0. The molecule has 1 aromatic carbocycles. The summed E-state index contributed by atoms with van der Waals surface area (Å²) in [6, 6.07) is 2.60.